The number of carboxylic acid groups (broad SMARTS) is 1. The van der Waals surface area contributed by atoms with Crippen molar-refractivity contribution in [1.29, 1.82) is 0 Å². The molecule has 0 saturated carbocycles. The number of carbonyl (C=O) groups excluding carboxylic acids is 2. The zero-order valence-electron chi connectivity index (χ0n) is 60.5. The Balaban J connectivity index is 6.85. The highest BCUT2D eigenvalue weighted by molar-refractivity contribution is 7.47. The zero-order valence-corrected chi connectivity index (χ0v) is 30.4. The van der Waals surface area contributed by atoms with Gasteiger partial charge in [-0.15, -0.1) is 0 Å². The van der Waals surface area contributed by atoms with E-state index in [-0.39, 0.29) is 12.8 Å². The second kappa shape index (κ2) is 36.2. The first-order chi connectivity index (χ1) is 36.8. The standard InChI is InChI=1S/C40H76NO10P/c1-3-5-7-9-11-13-15-17-18-20-22-24-26-28-30-32-39(43)51-36(34-49-52(46,47)50-35-37(41)40(44)45)33-48-38(42)31-29-27-25-23-21-19-16-14-12-10-8-6-4-2/h17-18,36-37H,3-16,19-35,41H2,1-2H3,(H,44,45)(H,46,47)/b18-17-/t36-,37+/m1/s1/i2D3,4D2,6D2,8D2,10D2,12D2,14D2,16D2,19D2,21D2,23D2,25D2,27D2,29D2,31D2. The van der Waals surface area contributed by atoms with Gasteiger partial charge in [0.15, 0.2) is 6.10 Å². The molecule has 0 aliphatic heterocycles. The summed E-state index contributed by atoms with van der Waals surface area (Å²) in [5, 5.41) is 8.96. The zero-order chi connectivity index (χ0) is 66.2. The van der Waals surface area contributed by atoms with Gasteiger partial charge in [-0.3, -0.25) is 23.4 Å². The molecule has 1 unspecified atom stereocenters. The first kappa shape index (κ1) is 18.9. The Kier molecular flexibility index (Phi) is 13.2. The van der Waals surface area contributed by atoms with Crippen molar-refractivity contribution >= 4 is 25.7 Å². The highest BCUT2D eigenvalue weighted by Crippen LogP contribution is 2.43. The molecule has 0 rings (SSSR count). The lowest BCUT2D eigenvalue weighted by Gasteiger charge is -2.20. The van der Waals surface area contributed by atoms with Crippen LogP contribution in [0.2, 0.25) is 0 Å². The van der Waals surface area contributed by atoms with E-state index in [1.165, 1.54) is 25.7 Å². The van der Waals surface area contributed by atoms with Crippen molar-refractivity contribution in [2.45, 2.75) is 205 Å². The van der Waals surface area contributed by atoms with Crippen molar-refractivity contribution in [2.75, 3.05) is 19.8 Å². The summed E-state index contributed by atoms with van der Waals surface area (Å²) in [6.07, 6.45) is -56.7. The molecule has 306 valence electrons. The second-order valence-electron chi connectivity index (χ2n) is 10.8. The Morgan fingerprint density at radius 3 is 1.77 bits per heavy atom. The summed E-state index contributed by atoms with van der Waals surface area (Å²) >= 11 is 0. The molecular weight excluding hydrogens is 685 g/mol. The van der Waals surface area contributed by atoms with Gasteiger partial charge in [-0.25, -0.2) is 4.57 Å². The van der Waals surface area contributed by atoms with Crippen molar-refractivity contribution in [3.8, 4) is 0 Å². The second-order valence-corrected chi connectivity index (χ2v) is 12.3. The lowest BCUT2D eigenvalue weighted by Crippen LogP contribution is -2.34. The van der Waals surface area contributed by atoms with Gasteiger partial charge in [-0.1, -0.05) is 154 Å². The SMILES string of the molecule is [2H]C([2H])([2H])C([2H])([2H])C([2H])([2H])C([2H])([2H])C([2H])([2H])C([2H])([2H])C([2H])([2H])C([2H])([2H])C([2H])([2H])C([2H])([2H])C([2H])([2H])C([2H])([2H])C([2H])([2H])C([2H])([2H])C([2H])([2H])C(=O)OC[C@H](COP(=O)(O)OC[C@H](N)C(=O)O)OC(=O)CCCCCCC/C=C\CCCCCCCC. The van der Waals surface area contributed by atoms with Crippen LogP contribution < -0.4 is 5.73 Å². The van der Waals surface area contributed by atoms with Crippen molar-refractivity contribution in [3.05, 3.63) is 12.2 Å². The quantitative estimate of drug-likeness (QED) is 0.0234. The highest BCUT2D eigenvalue weighted by Gasteiger charge is 2.28. The van der Waals surface area contributed by atoms with Gasteiger partial charge in [0.05, 0.1) is 13.2 Å². The molecule has 0 spiro atoms. The molecule has 0 amide bonds. The molecule has 12 heteroatoms. The van der Waals surface area contributed by atoms with Crippen molar-refractivity contribution in [3.63, 3.8) is 0 Å². The molecule has 0 aromatic carbocycles. The van der Waals surface area contributed by atoms with Crippen LogP contribution in [0, 0.1) is 0 Å². The Hall–Kier alpha value is -1.78. The number of hydrogen-bond acceptors (Lipinski definition) is 9. The predicted molar refractivity (Wildman–Crippen MR) is 208 cm³/mol. The average Bonchev–Trinajstić information content (AvgIpc) is 3.50. The normalized spacial score (nSPS) is 26.9. The number of nitrogens with two attached hydrogens (primary N) is 1. The molecule has 0 aliphatic rings. The van der Waals surface area contributed by atoms with Crippen LogP contribution in [0.3, 0.4) is 0 Å². The minimum Gasteiger partial charge on any atom is -0.480 e. The molecule has 52 heavy (non-hydrogen) atoms. The molecule has 0 fully saturated rings. The summed E-state index contributed by atoms with van der Waals surface area (Å²) < 4.78 is 285. The number of carbonyl (C=O) groups is 3. The molecule has 3 atom stereocenters. The Bertz CT molecular complexity index is 2210. The number of phosphoric acid groups is 1. The fraction of sp³-hybridized carbons (Fsp3) is 0.875. The van der Waals surface area contributed by atoms with Crippen LogP contribution in [-0.2, 0) is 37.5 Å². The molecule has 0 heterocycles. The molecule has 0 radical (unpaired) electrons. The lowest BCUT2D eigenvalue weighted by atomic mass is 10.0. The third kappa shape index (κ3) is 35.3. The van der Waals surface area contributed by atoms with E-state index in [0.29, 0.717) is 12.8 Å². The smallest absolute Gasteiger partial charge is 0.472 e. The summed E-state index contributed by atoms with van der Waals surface area (Å²) in [7, 11) is -5.32. The maximum absolute atomic E-state index is 13.4. The van der Waals surface area contributed by atoms with Crippen LogP contribution in [-0.4, -0.2) is 59.9 Å². The maximum Gasteiger partial charge on any atom is 0.472 e. The van der Waals surface area contributed by atoms with Gasteiger partial charge in [0.1, 0.15) is 12.6 Å². The van der Waals surface area contributed by atoms with Crippen LogP contribution in [0.5, 0.6) is 0 Å². The van der Waals surface area contributed by atoms with Gasteiger partial charge in [0.2, 0.25) is 0 Å². The fourth-order valence-corrected chi connectivity index (χ4v) is 4.57. The van der Waals surface area contributed by atoms with Gasteiger partial charge in [-0.2, -0.15) is 0 Å². The minimum atomic E-state index is -5.32. The number of hydrogen-bond donors (Lipinski definition) is 3. The van der Waals surface area contributed by atoms with Crippen molar-refractivity contribution in [2.24, 2.45) is 5.73 Å². The topological polar surface area (TPSA) is 172 Å². The number of phosphoric ester groups is 1. The number of ether oxygens (including phenoxy) is 2. The minimum absolute atomic E-state index is 0.196. The summed E-state index contributed by atoms with van der Waals surface area (Å²) in [5.41, 5.74) is 5.25. The Morgan fingerprint density at radius 1 is 0.712 bits per heavy atom. The van der Waals surface area contributed by atoms with Crippen LogP contribution in [0.15, 0.2) is 12.2 Å². The monoisotopic (exact) mass is 793 g/mol. The molecule has 0 aliphatic carbocycles. The Morgan fingerprint density at radius 2 is 1.21 bits per heavy atom. The summed E-state index contributed by atoms with van der Waals surface area (Å²) in [6, 6.07) is -1.87. The van der Waals surface area contributed by atoms with Crippen LogP contribution in [0.1, 0.15) is 235 Å². The molecule has 0 saturated heterocycles. The van der Waals surface area contributed by atoms with Crippen molar-refractivity contribution < 1.29 is 90.0 Å². The van der Waals surface area contributed by atoms with Gasteiger partial charge >= 0.3 is 25.7 Å². The Labute approximate surface area is 359 Å². The summed E-state index contributed by atoms with van der Waals surface area (Å²) in [6.45, 7) is -5.95. The molecule has 0 aromatic rings. The average molecular weight is 793 g/mol. The van der Waals surface area contributed by atoms with E-state index in [0.717, 1.165) is 38.5 Å². The summed E-state index contributed by atoms with van der Waals surface area (Å²) in [5.74, 6) is -5.35. The van der Waals surface area contributed by atoms with Gasteiger partial charge in [0, 0.05) is 55.3 Å². The van der Waals surface area contributed by atoms with Gasteiger partial charge in [-0.05, 0) is 38.5 Å². The van der Waals surface area contributed by atoms with Gasteiger partial charge in [0.25, 0.3) is 0 Å². The van der Waals surface area contributed by atoms with E-state index in [1.54, 1.807) is 0 Å². The molecule has 0 bridgehead atoms. The number of rotatable bonds is 39. The third-order valence-corrected chi connectivity index (χ3v) is 7.36. The molecule has 11 nitrogen and oxygen atoms in total. The van der Waals surface area contributed by atoms with E-state index in [1.807, 2.05) is 0 Å². The number of aliphatic carboxylic acids is 1. The third-order valence-electron chi connectivity index (χ3n) is 6.41. The lowest BCUT2D eigenvalue weighted by molar-refractivity contribution is -0.161. The highest BCUT2D eigenvalue weighted by atomic mass is 31.2. The number of allylic oxidation sites excluding steroid dienone is 2. The molecule has 0 aromatic heterocycles. The molecule has 4 N–H and O–H groups in total. The van der Waals surface area contributed by atoms with Crippen LogP contribution in [0.25, 0.3) is 0 Å². The van der Waals surface area contributed by atoms with Crippen molar-refractivity contribution in [1.82, 2.24) is 0 Å². The van der Waals surface area contributed by atoms with Crippen LogP contribution in [0.4, 0.5) is 0 Å². The number of carboxylic acids is 1. The summed E-state index contributed by atoms with van der Waals surface area (Å²) in [4.78, 5) is 47.5. The molecular formula is C40H76NO10P. The van der Waals surface area contributed by atoms with Crippen LogP contribution >= 0.6 is 7.82 Å². The maximum atomic E-state index is 13.4. The number of esters is 2. The fourth-order valence-electron chi connectivity index (χ4n) is 3.79. The first-order valence-electron chi connectivity index (χ1n) is 32.4. The first-order valence-corrected chi connectivity index (χ1v) is 18.4. The number of unbranched alkanes of at least 4 members (excludes halogenated alkanes) is 11. The van der Waals surface area contributed by atoms with E-state index < -0.39 is 154 Å². The van der Waals surface area contributed by atoms with E-state index >= 15 is 0 Å². The predicted octanol–water partition coefficient (Wildman–Crippen LogP) is 10.5. The largest absolute Gasteiger partial charge is 0.480 e. The van der Waals surface area contributed by atoms with E-state index in [2.05, 4.69) is 23.6 Å². The van der Waals surface area contributed by atoms with E-state index in [9.17, 15) is 23.8 Å². The van der Waals surface area contributed by atoms with E-state index in [4.69, 9.17) is 67.3 Å². The van der Waals surface area contributed by atoms with Gasteiger partial charge < -0.3 is 25.2 Å².